The van der Waals surface area contributed by atoms with Gasteiger partial charge in [0.25, 0.3) is 0 Å². The van der Waals surface area contributed by atoms with Crippen LogP contribution in [0.2, 0.25) is 0 Å². The van der Waals surface area contributed by atoms with Crippen LogP contribution in [0, 0.1) is 6.92 Å². The van der Waals surface area contributed by atoms with E-state index in [1.54, 1.807) is 10.9 Å². The zero-order valence-corrected chi connectivity index (χ0v) is 12.9. The molecule has 4 rings (SSSR count). The van der Waals surface area contributed by atoms with Gasteiger partial charge in [-0.3, -0.25) is 14.6 Å². The van der Waals surface area contributed by atoms with Crippen molar-refractivity contribution < 1.29 is 4.79 Å². The molecule has 1 aliphatic heterocycles. The summed E-state index contributed by atoms with van der Waals surface area (Å²) in [4.78, 5) is 19.0. The van der Waals surface area contributed by atoms with Crippen molar-refractivity contribution >= 4 is 16.8 Å². The molecule has 3 heterocycles. The molecule has 1 fully saturated rings. The lowest BCUT2D eigenvalue weighted by Gasteiger charge is -2.22. The largest absolute Gasteiger partial charge is 0.331 e. The Morgan fingerprint density at radius 3 is 3.09 bits per heavy atom. The number of nitrogens with one attached hydrogen (secondary N) is 1. The number of carbonyl (C=O) groups is 1. The summed E-state index contributed by atoms with van der Waals surface area (Å²) >= 11 is 0. The highest BCUT2D eigenvalue weighted by Crippen LogP contribution is 2.30. The van der Waals surface area contributed by atoms with Gasteiger partial charge in [-0.25, -0.2) is 4.98 Å². The summed E-state index contributed by atoms with van der Waals surface area (Å²) in [5, 5.41) is 12.5. The van der Waals surface area contributed by atoms with Gasteiger partial charge in [-0.1, -0.05) is 18.2 Å². The number of likely N-dealkylation sites (tertiary alicyclic amines) is 1. The van der Waals surface area contributed by atoms with Crippen molar-refractivity contribution in [1.82, 2.24) is 29.9 Å². The summed E-state index contributed by atoms with van der Waals surface area (Å²) in [5.74, 6) is 1.54. The van der Waals surface area contributed by atoms with Crippen LogP contribution in [-0.2, 0) is 11.3 Å². The molecule has 0 saturated carbocycles. The number of carbonyl (C=O) groups excluding carboxylic acids is 1. The summed E-state index contributed by atoms with van der Waals surface area (Å²) in [5.41, 5.74) is 0.977. The number of H-pyrrole nitrogens is 1. The Bertz CT molecular complexity index is 851. The van der Waals surface area contributed by atoms with Crippen molar-refractivity contribution in [2.75, 3.05) is 6.54 Å². The Hall–Kier alpha value is -2.70. The third-order valence-corrected chi connectivity index (χ3v) is 4.32. The number of amides is 1. The van der Waals surface area contributed by atoms with Crippen molar-refractivity contribution in [3.63, 3.8) is 0 Å². The van der Waals surface area contributed by atoms with Gasteiger partial charge < -0.3 is 4.90 Å². The molecule has 1 amide bonds. The van der Waals surface area contributed by atoms with Crippen molar-refractivity contribution in [2.24, 2.45) is 0 Å². The molecule has 0 aliphatic carbocycles. The van der Waals surface area contributed by atoms with Crippen LogP contribution in [0.25, 0.3) is 10.9 Å². The maximum Gasteiger partial charge on any atom is 0.244 e. The van der Waals surface area contributed by atoms with Crippen LogP contribution in [0.15, 0.2) is 30.5 Å². The third-order valence-electron chi connectivity index (χ3n) is 4.32. The van der Waals surface area contributed by atoms with Crippen molar-refractivity contribution in [1.29, 1.82) is 0 Å². The first-order valence-electron chi connectivity index (χ1n) is 7.81. The van der Waals surface area contributed by atoms with Gasteiger partial charge in [0.15, 0.2) is 5.82 Å². The molecule has 3 aromatic rings. The summed E-state index contributed by atoms with van der Waals surface area (Å²) in [6, 6.07) is 7.88. The second kappa shape index (κ2) is 5.49. The van der Waals surface area contributed by atoms with E-state index in [9.17, 15) is 4.79 Å². The molecule has 2 aromatic heterocycles. The minimum absolute atomic E-state index is 0.0331. The molecular formula is C16H18N6O. The standard InChI is InChI=1S/C16H18N6O/c1-11-18-16(20-19-11)14-7-4-8-21(14)15(23)10-22-13-6-3-2-5-12(13)9-17-22/h2-3,5-6,9,14H,4,7-8,10H2,1H3,(H,18,19,20)/t14-/m0/s1. The molecule has 1 aromatic carbocycles. The van der Waals surface area contributed by atoms with Crippen LogP contribution in [0.1, 0.15) is 30.5 Å². The smallest absolute Gasteiger partial charge is 0.244 e. The zero-order chi connectivity index (χ0) is 15.8. The molecular weight excluding hydrogens is 292 g/mol. The predicted molar refractivity (Wildman–Crippen MR) is 84.5 cm³/mol. The first kappa shape index (κ1) is 13.9. The molecule has 23 heavy (non-hydrogen) atoms. The molecule has 1 aliphatic rings. The zero-order valence-electron chi connectivity index (χ0n) is 12.9. The number of hydrogen-bond donors (Lipinski definition) is 1. The minimum atomic E-state index is -0.0331. The number of benzene rings is 1. The summed E-state index contributed by atoms with van der Waals surface area (Å²) in [7, 11) is 0. The summed E-state index contributed by atoms with van der Waals surface area (Å²) in [6.07, 6.45) is 3.68. The molecule has 1 atom stereocenters. The number of aromatic amines is 1. The summed E-state index contributed by atoms with van der Waals surface area (Å²) < 4.78 is 1.76. The van der Waals surface area contributed by atoms with Crippen LogP contribution in [0.5, 0.6) is 0 Å². The van der Waals surface area contributed by atoms with Gasteiger partial charge in [0.1, 0.15) is 12.4 Å². The normalized spacial score (nSPS) is 18.0. The average Bonchev–Trinajstić information content (AvgIpc) is 3.26. The highest BCUT2D eigenvalue weighted by Gasteiger charge is 2.32. The molecule has 118 valence electrons. The highest BCUT2D eigenvalue weighted by molar-refractivity contribution is 5.82. The van der Waals surface area contributed by atoms with E-state index in [1.165, 1.54) is 0 Å². The average molecular weight is 310 g/mol. The highest BCUT2D eigenvalue weighted by atomic mass is 16.2. The van der Waals surface area contributed by atoms with Crippen LogP contribution in [0.3, 0.4) is 0 Å². The molecule has 0 spiro atoms. The van der Waals surface area contributed by atoms with Gasteiger partial charge in [-0.2, -0.15) is 10.2 Å². The van der Waals surface area contributed by atoms with Crippen molar-refractivity contribution in [3.05, 3.63) is 42.1 Å². The van der Waals surface area contributed by atoms with E-state index in [-0.39, 0.29) is 18.5 Å². The Labute approximate surface area is 133 Å². The third kappa shape index (κ3) is 2.48. The Morgan fingerprint density at radius 2 is 2.26 bits per heavy atom. The molecule has 7 heteroatoms. The fraction of sp³-hybridized carbons (Fsp3) is 0.375. The number of aromatic nitrogens is 5. The van der Waals surface area contributed by atoms with Gasteiger partial charge in [-0.15, -0.1) is 0 Å². The van der Waals surface area contributed by atoms with E-state index in [2.05, 4.69) is 20.3 Å². The van der Waals surface area contributed by atoms with Gasteiger partial charge in [0, 0.05) is 11.9 Å². The second-order valence-electron chi connectivity index (χ2n) is 5.89. The first-order chi connectivity index (χ1) is 11.2. The van der Waals surface area contributed by atoms with Crippen molar-refractivity contribution in [2.45, 2.75) is 32.4 Å². The first-order valence-corrected chi connectivity index (χ1v) is 7.81. The quantitative estimate of drug-likeness (QED) is 0.800. The molecule has 1 saturated heterocycles. The van der Waals surface area contributed by atoms with Crippen LogP contribution >= 0.6 is 0 Å². The van der Waals surface area contributed by atoms with E-state index in [1.807, 2.05) is 36.1 Å². The van der Waals surface area contributed by atoms with Gasteiger partial charge in [0.05, 0.1) is 17.8 Å². The Kier molecular flexibility index (Phi) is 3.33. The molecule has 1 N–H and O–H groups in total. The lowest BCUT2D eigenvalue weighted by Crippen LogP contribution is -2.34. The Balaban J connectivity index is 1.56. The maximum atomic E-state index is 12.7. The van der Waals surface area contributed by atoms with E-state index >= 15 is 0 Å². The number of rotatable bonds is 3. The minimum Gasteiger partial charge on any atom is -0.331 e. The lowest BCUT2D eigenvalue weighted by molar-refractivity contribution is -0.133. The fourth-order valence-corrected chi connectivity index (χ4v) is 3.21. The lowest BCUT2D eigenvalue weighted by atomic mass is 10.2. The number of fused-ring (bicyclic) bond motifs is 1. The molecule has 0 unspecified atom stereocenters. The molecule has 0 radical (unpaired) electrons. The van der Waals surface area contributed by atoms with Crippen LogP contribution < -0.4 is 0 Å². The second-order valence-corrected chi connectivity index (χ2v) is 5.89. The van der Waals surface area contributed by atoms with Gasteiger partial charge >= 0.3 is 0 Å². The monoisotopic (exact) mass is 310 g/mol. The van der Waals surface area contributed by atoms with Crippen LogP contribution in [-0.4, -0.2) is 42.3 Å². The molecule has 7 nitrogen and oxygen atoms in total. The van der Waals surface area contributed by atoms with E-state index in [0.717, 1.165) is 36.1 Å². The Morgan fingerprint density at radius 1 is 1.39 bits per heavy atom. The topological polar surface area (TPSA) is 79.7 Å². The molecule has 0 bridgehead atoms. The number of aryl methyl sites for hydroxylation is 1. The maximum absolute atomic E-state index is 12.7. The van der Waals surface area contributed by atoms with Gasteiger partial charge in [0.2, 0.25) is 5.91 Å². The summed E-state index contributed by atoms with van der Waals surface area (Å²) in [6.45, 7) is 2.86. The number of hydrogen-bond acceptors (Lipinski definition) is 4. The van der Waals surface area contributed by atoms with E-state index in [0.29, 0.717) is 5.82 Å². The SMILES string of the molecule is Cc1nc([C@@H]2CCCN2C(=O)Cn2ncc3ccccc32)n[nH]1. The number of para-hydroxylation sites is 1. The van der Waals surface area contributed by atoms with E-state index < -0.39 is 0 Å². The van der Waals surface area contributed by atoms with Crippen molar-refractivity contribution in [3.8, 4) is 0 Å². The fourth-order valence-electron chi connectivity index (χ4n) is 3.21. The van der Waals surface area contributed by atoms with E-state index in [4.69, 9.17) is 0 Å². The number of nitrogens with zero attached hydrogens (tertiary/aromatic N) is 5. The van der Waals surface area contributed by atoms with Crippen LogP contribution in [0.4, 0.5) is 0 Å². The van der Waals surface area contributed by atoms with Gasteiger partial charge in [-0.05, 0) is 25.8 Å². The predicted octanol–water partition coefficient (Wildman–Crippen LogP) is 1.83.